The van der Waals surface area contributed by atoms with Gasteiger partial charge < -0.3 is 9.16 Å². The first kappa shape index (κ1) is 29.9. The SMILES string of the molecule is C=CCCN([C@@H]1C=C[C@@H](OC(C)=O)C[C@@H](O[Si](C)(C)C(C)(C)C)C1)S(=O)(=O)c1ccccc1[N+](=O)[O-]. The number of hydrogen-bond acceptors (Lipinski definition) is 7. The third-order valence-corrected chi connectivity index (χ3v) is 13.2. The molecule has 1 aromatic carbocycles. The van der Waals surface area contributed by atoms with Crippen LogP contribution in [0.1, 0.15) is 47.0 Å². The summed E-state index contributed by atoms with van der Waals surface area (Å²) >= 11 is 0. The van der Waals surface area contributed by atoms with Gasteiger partial charge in [-0.3, -0.25) is 14.9 Å². The smallest absolute Gasteiger partial charge is 0.303 e. The predicted octanol–water partition coefficient (Wildman–Crippen LogP) is 5.20. The van der Waals surface area contributed by atoms with Crippen LogP contribution in [0, 0.1) is 10.1 Å². The summed E-state index contributed by atoms with van der Waals surface area (Å²) in [5.41, 5.74) is -0.481. The van der Waals surface area contributed by atoms with Crippen molar-refractivity contribution in [2.75, 3.05) is 6.54 Å². The predicted molar refractivity (Wildman–Crippen MR) is 142 cm³/mol. The van der Waals surface area contributed by atoms with E-state index in [9.17, 15) is 23.3 Å². The monoisotopic (exact) mass is 538 g/mol. The number of carbonyl (C=O) groups excluding carboxylic acids is 1. The van der Waals surface area contributed by atoms with Crippen molar-refractivity contribution in [3.8, 4) is 0 Å². The van der Waals surface area contributed by atoms with Gasteiger partial charge in [0.05, 0.1) is 11.0 Å². The summed E-state index contributed by atoms with van der Waals surface area (Å²) in [7, 11) is -6.51. The Morgan fingerprint density at radius 1 is 1.25 bits per heavy atom. The molecular formula is C25H38N2O7SSi. The van der Waals surface area contributed by atoms with Crippen LogP contribution in [0.4, 0.5) is 5.69 Å². The number of sulfonamides is 1. The van der Waals surface area contributed by atoms with Crippen LogP contribution in [0.2, 0.25) is 18.1 Å². The van der Waals surface area contributed by atoms with Crippen LogP contribution in [0.3, 0.4) is 0 Å². The van der Waals surface area contributed by atoms with Crippen LogP contribution >= 0.6 is 0 Å². The van der Waals surface area contributed by atoms with Crippen molar-refractivity contribution in [3.05, 3.63) is 59.2 Å². The summed E-state index contributed by atoms with van der Waals surface area (Å²) in [6, 6.07) is 4.67. The van der Waals surface area contributed by atoms with Crippen LogP contribution in [0.15, 0.2) is 54.0 Å². The molecule has 1 aliphatic rings. The summed E-state index contributed by atoms with van der Waals surface area (Å²) < 4.78 is 41.0. The molecule has 0 aromatic heterocycles. The molecular weight excluding hydrogens is 500 g/mol. The molecule has 36 heavy (non-hydrogen) atoms. The van der Waals surface area contributed by atoms with Crippen molar-refractivity contribution in [1.29, 1.82) is 0 Å². The van der Waals surface area contributed by atoms with Gasteiger partial charge in [0.2, 0.25) is 10.0 Å². The van der Waals surface area contributed by atoms with Crippen LogP contribution in [0.5, 0.6) is 0 Å². The van der Waals surface area contributed by atoms with E-state index in [1.54, 1.807) is 18.2 Å². The molecule has 0 fully saturated rings. The molecule has 1 aromatic rings. The van der Waals surface area contributed by atoms with E-state index >= 15 is 0 Å². The Morgan fingerprint density at radius 3 is 2.44 bits per heavy atom. The van der Waals surface area contributed by atoms with E-state index in [0.29, 0.717) is 19.3 Å². The Morgan fingerprint density at radius 2 is 1.89 bits per heavy atom. The molecule has 11 heteroatoms. The molecule has 9 nitrogen and oxygen atoms in total. The molecule has 0 amide bonds. The average molecular weight is 539 g/mol. The highest BCUT2D eigenvalue weighted by molar-refractivity contribution is 7.89. The van der Waals surface area contributed by atoms with E-state index in [0.717, 1.165) is 0 Å². The van der Waals surface area contributed by atoms with Crippen LogP contribution in [-0.2, 0) is 24.0 Å². The first-order valence-electron chi connectivity index (χ1n) is 12.0. The van der Waals surface area contributed by atoms with Gasteiger partial charge in [-0.15, -0.1) is 6.58 Å². The van der Waals surface area contributed by atoms with E-state index < -0.39 is 47.1 Å². The van der Waals surface area contributed by atoms with Crippen LogP contribution in [-0.4, -0.2) is 56.7 Å². The van der Waals surface area contributed by atoms with Gasteiger partial charge in [-0.25, -0.2) is 8.42 Å². The second kappa shape index (κ2) is 11.8. The largest absolute Gasteiger partial charge is 0.458 e. The maximum Gasteiger partial charge on any atom is 0.303 e. The number of nitro groups is 1. The minimum absolute atomic E-state index is 0.0813. The lowest BCUT2D eigenvalue weighted by molar-refractivity contribution is -0.387. The number of hydrogen-bond donors (Lipinski definition) is 0. The third-order valence-electron chi connectivity index (χ3n) is 6.70. The van der Waals surface area contributed by atoms with E-state index in [4.69, 9.17) is 9.16 Å². The van der Waals surface area contributed by atoms with Gasteiger partial charge >= 0.3 is 5.97 Å². The molecule has 0 bridgehead atoms. The molecule has 0 spiro atoms. The molecule has 0 saturated carbocycles. The van der Waals surface area contributed by atoms with Crippen molar-refractivity contribution in [1.82, 2.24) is 4.31 Å². The zero-order valence-electron chi connectivity index (χ0n) is 22.0. The molecule has 1 aliphatic carbocycles. The summed E-state index contributed by atoms with van der Waals surface area (Å²) in [6.07, 6.45) is 5.10. The first-order valence-corrected chi connectivity index (χ1v) is 16.3. The first-order chi connectivity index (χ1) is 16.6. The Hall–Kier alpha value is -2.34. The van der Waals surface area contributed by atoms with Gasteiger partial charge in [0, 0.05) is 32.0 Å². The number of benzene rings is 1. The van der Waals surface area contributed by atoms with Gasteiger partial charge in [0.15, 0.2) is 13.2 Å². The number of rotatable bonds is 10. The summed E-state index contributed by atoms with van der Waals surface area (Å²) in [6.45, 7) is 15.7. The molecule has 0 saturated heterocycles. The fourth-order valence-electron chi connectivity index (χ4n) is 3.87. The molecule has 0 heterocycles. The zero-order valence-corrected chi connectivity index (χ0v) is 23.8. The summed E-state index contributed by atoms with van der Waals surface area (Å²) in [5.74, 6) is -0.440. The highest BCUT2D eigenvalue weighted by Gasteiger charge is 2.42. The van der Waals surface area contributed by atoms with E-state index in [1.165, 1.54) is 35.5 Å². The third kappa shape index (κ3) is 7.34. The van der Waals surface area contributed by atoms with Gasteiger partial charge in [0.1, 0.15) is 6.10 Å². The number of para-hydroxylation sites is 1. The molecule has 0 unspecified atom stereocenters. The molecule has 0 N–H and O–H groups in total. The molecule has 200 valence electrons. The minimum Gasteiger partial charge on any atom is -0.458 e. The number of esters is 1. The van der Waals surface area contributed by atoms with Gasteiger partial charge in [-0.1, -0.05) is 45.1 Å². The number of ether oxygens (including phenoxy) is 1. The molecule has 3 atom stereocenters. The maximum absolute atomic E-state index is 13.8. The second-order valence-electron chi connectivity index (χ2n) is 10.5. The number of carbonyl (C=O) groups is 1. The van der Waals surface area contributed by atoms with Crippen LogP contribution in [0.25, 0.3) is 0 Å². The van der Waals surface area contributed by atoms with Crippen molar-refractivity contribution < 1.29 is 27.3 Å². The molecule has 0 aliphatic heterocycles. The second-order valence-corrected chi connectivity index (χ2v) is 17.1. The highest BCUT2D eigenvalue weighted by Crippen LogP contribution is 2.39. The lowest BCUT2D eigenvalue weighted by Crippen LogP contribution is -2.47. The van der Waals surface area contributed by atoms with Gasteiger partial charge in [0.25, 0.3) is 5.69 Å². The standard InChI is InChI=1S/C25H38N2O7SSi/c1-8-9-16-26(35(31,32)24-13-11-10-12-23(24)27(29)30)20-14-15-21(33-19(2)28)18-22(17-20)34-36(6,7)25(3,4)5/h8,10-15,20-22H,1,9,16-18H2,2-7H3/t20-,21-,22+/m1/s1. The van der Waals surface area contributed by atoms with Crippen molar-refractivity contribution >= 4 is 30.0 Å². The number of nitrogens with zero attached hydrogens (tertiary/aromatic N) is 2. The normalized spacial score (nSPS) is 21.1. The fourth-order valence-corrected chi connectivity index (χ4v) is 7.02. The molecule has 0 radical (unpaired) electrons. The Bertz CT molecular complexity index is 1100. The van der Waals surface area contributed by atoms with Crippen molar-refractivity contribution in [3.63, 3.8) is 0 Å². The summed E-state index contributed by atoms with van der Waals surface area (Å²) in [5, 5.41) is 11.5. The molecule has 2 rings (SSSR count). The average Bonchev–Trinajstić information content (AvgIpc) is 2.94. The lowest BCUT2D eigenvalue weighted by Gasteiger charge is -2.40. The Labute approximate surface area is 215 Å². The van der Waals surface area contributed by atoms with Gasteiger partial charge in [-0.05, 0) is 43.1 Å². The highest BCUT2D eigenvalue weighted by atomic mass is 32.2. The van der Waals surface area contributed by atoms with E-state index in [2.05, 4.69) is 40.4 Å². The quantitative estimate of drug-likeness (QED) is 0.132. The summed E-state index contributed by atoms with van der Waals surface area (Å²) in [4.78, 5) is 22.3. The maximum atomic E-state index is 13.8. The lowest BCUT2D eigenvalue weighted by atomic mass is 10.1. The zero-order chi connectivity index (χ0) is 27.3. The van der Waals surface area contributed by atoms with E-state index in [1.807, 2.05) is 0 Å². The Kier molecular flexibility index (Phi) is 9.80. The minimum atomic E-state index is -4.26. The van der Waals surface area contributed by atoms with Crippen molar-refractivity contribution in [2.45, 2.75) is 88.2 Å². The van der Waals surface area contributed by atoms with Crippen LogP contribution < -0.4 is 0 Å². The fraction of sp³-hybridized carbons (Fsp3) is 0.560. The Balaban J connectivity index is 2.56. The van der Waals surface area contributed by atoms with E-state index in [-0.39, 0.29) is 22.6 Å². The number of nitro benzene ring substituents is 1. The van der Waals surface area contributed by atoms with Gasteiger partial charge in [-0.2, -0.15) is 4.31 Å². The topological polar surface area (TPSA) is 116 Å². The van der Waals surface area contributed by atoms with Crippen molar-refractivity contribution in [2.24, 2.45) is 0 Å².